The fourth-order valence-electron chi connectivity index (χ4n) is 1.48. The highest BCUT2D eigenvalue weighted by Crippen LogP contribution is 2.16. The predicted molar refractivity (Wildman–Crippen MR) is 45.3 cm³/mol. The van der Waals surface area contributed by atoms with E-state index in [0.717, 1.165) is 19.0 Å². The molecule has 11 heavy (non-hydrogen) atoms. The van der Waals surface area contributed by atoms with Crippen LogP contribution in [-0.4, -0.2) is 23.9 Å². The van der Waals surface area contributed by atoms with Gasteiger partial charge in [0.25, 0.3) is 0 Å². The number of amides is 1. The molecule has 64 valence electrons. The Kier molecular flexibility index (Phi) is 2.92. The zero-order valence-corrected chi connectivity index (χ0v) is 7.47. The summed E-state index contributed by atoms with van der Waals surface area (Å²) in [6.07, 6.45) is 3.03. The van der Waals surface area contributed by atoms with E-state index in [4.69, 9.17) is 0 Å². The number of hydrogen-bond acceptors (Lipinski definition) is 1. The topological polar surface area (TPSA) is 20.3 Å². The number of carbonyl (C=O) groups excluding carboxylic acids is 1. The van der Waals surface area contributed by atoms with E-state index in [9.17, 15) is 4.79 Å². The van der Waals surface area contributed by atoms with Crippen LogP contribution in [0.2, 0.25) is 0 Å². The molecule has 1 aliphatic rings. The third-order valence-electron chi connectivity index (χ3n) is 2.44. The standard InChI is InChI=1S/C9H17NO/c1-3-9(11)10-6-4-8(2)5-7-10/h8H,3-7H2,1-2H3. The summed E-state index contributed by atoms with van der Waals surface area (Å²) in [6, 6.07) is 0. The maximum atomic E-state index is 11.2. The predicted octanol–water partition coefficient (Wildman–Crippen LogP) is 1.65. The molecule has 2 nitrogen and oxygen atoms in total. The molecule has 0 aromatic carbocycles. The van der Waals surface area contributed by atoms with Gasteiger partial charge in [-0.25, -0.2) is 0 Å². The first kappa shape index (κ1) is 8.57. The molecule has 0 saturated carbocycles. The summed E-state index contributed by atoms with van der Waals surface area (Å²) in [5.74, 6) is 1.13. The van der Waals surface area contributed by atoms with Gasteiger partial charge in [-0.2, -0.15) is 0 Å². The summed E-state index contributed by atoms with van der Waals surface area (Å²) >= 11 is 0. The van der Waals surface area contributed by atoms with Crippen molar-refractivity contribution in [1.82, 2.24) is 4.90 Å². The summed E-state index contributed by atoms with van der Waals surface area (Å²) in [5, 5.41) is 0. The van der Waals surface area contributed by atoms with Gasteiger partial charge in [0.1, 0.15) is 0 Å². The van der Waals surface area contributed by atoms with Crippen molar-refractivity contribution >= 4 is 5.91 Å². The Balaban J connectivity index is 2.33. The zero-order chi connectivity index (χ0) is 8.27. The Hall–Kier alpha value is -0.530. The molecule has 1 aliphatic heterocycles. The van der Waals surface area contributed by atoms with E-state index in [-0.39, 0.29) is 0 Å². The lowest BCUT2D eigenvalue weighted by atomic mass is 9.99. The molecule has 0 N–H and O–H groups in total. The van der Waals surface area contributed by atoms with Gasteiger partial charge in [0, 0.05) is 19.5 Å². The van der Waals surface area contributed by atoms with Gasteiger partial charge in [0.05, 0.1) is 0 Å². The molecule has 0 aliphatic carbocycles. The second kappa shape index (κ2) is 3.74. The normalized spacial score (nSPS) is 20.4. The van der Waals surface area contributed by atoms with E-state index < -0.39 is 0 Å². The average molecular weight is 155 g/mol. The van der Waals surface area contributed by atoms with Crippen molar-refractivity contribution in [1.29, 1.82) is 0 Å². The lowest BCUT2D eigenvalue weighted by Crippen LogP contribution is -2.37. The Labute approximate surface area is 68.6 Å². The molecule has 1 amide bonds. The lowest BCUT2D eigenvalue weighted by Gasteiger charge is -2.29. The molecule has 1 fully saturated rings. The third-order valence-corrected chi connectivity index (χ3v) is 2.44. The van der Waals surface area contributed by atoms with E-state index in [0.29, 0.717) is 12.3 Å². The van der Waals surface area contributed by atoms with Crippen LogP contribution in [-0.2, 0) is 4.79 Å². The number of hydrogen-bond donors (Lipinski definition) is 0. The fourth-order valence-corrected chi connectivity index (χ4v) is 1.48. The van der Waals surface area contributed by atoms with Crippen LogP contribution in [0.25, 0.3) is 0 Å². The second-order valence-corrected chi connectivity index (χ2v) is 3.42. The molecule has 0 aromatic rings. The first-order valence-corrected chi connectivity index (χ1v) is 4.51. The highest BCUT2D eigenvalue weighted by Gasteiger charge is 2.18. The van der Waals surface area contributed by atoms with Crippen LogP contribution in [0, 0.1) is 5.92 Å². The maximum absolute atomic E-state index is 11.2. The van der Waals surface area contributed by atoms with Gasteiger partial charge in [-0.05, 0) is 18.8 Å². The van der Waals surface area contributed by atoms with Gasteiger partial charge in [0.2, 0.25) is 5.91 Å². The SMILES string of the molecule is CCC(=O)N1CCC(C)CC1. The van der Waals surface area contributed by atoms with Crippen LogP contribution < -0.4 is 0 Å². The monoisotopic (exact) mass is 155 g/mol. The van der Waals surface area contributed by atoms with Gasteiger partial charge in [-0.3, -0.25) is 4.79 Å². The Morgan fingerprint density at radius 3 is 2.45 bits per heavy atom. The van der Waals surface area contributed by atoms with Crippen molar-refractivity contribution < 1.29 is 4.79 Å². The van der Waals surface area contributed by atoms with E-state index >= 15 is 0 Å². The minimum Gasteiger partial charge on any atom is -0.343 e. The van der Waals surface area contributed by atoms with Gasteiger partial charge in [0.15, 0.2) is 0 Å². The highest BCUT2D eigenvalue weighted by atomic mass is 16.2. The van der Waals surface area contributed by atoms with Crippen LogP contribution in [0.4, 0.5) is 0 Å². The quantitative estimate of drug-likeness (QED) is 0.564. The highest BCUT2D eigenvalue weighted by molar-refractivity contribution is 5.75. The Morgan fingerprint density at radius 1 is 1.45 bits per heavy atom. The first-order chi connectivity index (χ1) is 5.24. The largest absolute Gasteiger partial charge is 0.343 e. The molecule has 0 radical (unpaired) electrons. The van der Waals surface area contributed by atoms with Crippen molar-refractivity contribution in [3.05, 3.63) is 0 Å². The van der Waals surface area contributed by atoms with Crippen molar-refractivity contribution in [2.45, 2.75) is 33.1 Å². The molecule has 0 unspecified atom stereocenters. The van der Waals surface area contributed by atoms with E-state index in [1.165, 1.54) is 12.8 Å². The number of likely N-dealkylation sites (tertiary alicyclic amines) is 1. The molecule has 0 aromatic heterocycles. The van der Waals surface area contributed by atoms with Crippen molar-refractivity contribution in [2.24, 2.45) is 5.92 Å². The van der Waals surface area contributed by atoms with Gasteiger partial charge < -0.3 is 4.90 Å². The molecular weight excluding hydrogens is 138 g/mol. The first-order valence-electron chi connectivity index (χ1n) is 4.51. The Morgan fingerprint density at radius 2 is 2.00 bits per heavy atom. The Bertz CT molecular complexity index is 136. The van der Waals surface area contributed by atoms with Gasteiger partial charge >= 0.3 is 0 Å². The molecule has 0 bridgehead atoms. The minimum absolute atomic E-state index is 0.317. The summed E-state index contributed by atoms with van der Waals surface area (Å²) in [5.41, 5.74) is 0. The van der Waals surface area contributed by atoms with Crippen molar-refractivity contribution in [3.63, 3.8) is 0 Å². The maximum Gasteiger partial charge on any atom is 0.222 e. The smallest absolute Gasteiger partial charge is 0.222 e. The fraction of sp³-hybridized carbons (Fsp3) is 0.889. The molecule has 1 rings (SSSR count). The van der Waals surface area contributed by atoms with Crippen LogP contribution in [0.5, 0.6) is 0 Å². The second-order valence-electron chi connectivity index (χ2n) is 3.42. The average Bonchev–Trinajstić information content (AvgIpc) is 2.05. The van der Waals surface area contributed by atoms with E-state index in [2.05, 4.69) is 6.92 Å². The zero-order valence-electron chi connectivity index (χ0n) is 7.47. The third kappa shape index (κ3) is 2.21. The molecular formula is C9H17NO. The molecule has 1 saturated heterocycles. The number of carbonyl (C=O) groups is 1. The summed E-state index contributed by atoms with van der Waals surface area (Å²) in [7, 11) is 0. The van der Waals surface area contributed by atoms with Crippen LogP contribution >= 0.6 is 0 Å². The van der Waals surface area contributed by atoms with Gasteiger partial charge in [-0.1, -0.05) is 13.8 Å². The lowest BCUT2D eigenvalue weighted by molar-refractivity contribution is -0.132. The molecule has 1 heterocycles. The van der Waals surface area contributed by atoms with Gasteiger partial charge in [-0.15, -0.1) is 0 Å². The summed E-state index contributed by atoms with van der Waals surface area (Å²) < 4.78 is 0. The number of nitrogens with zero attached hydrogens (tertiary/aromatic N) is 1. The molecule has 2 heteroatoms. The minimum atomic E-state index is 0.317. The van der Waals surface area contributed by atoms with Crippen LogP contribution in [0.1, 0.15) is 33.1 Å². The van der Waals surface area contributed by atoms with Crippen molar-refractivity contribution in [2.75, 3.05) is 13.1 Å². The van der Waals surface area contributed by atoms with Crippen LogP contribution in [0.15, 0.2) is 0 Å². The summed E-state index contributed by atoms with van der Waals surface area (Å²) in [6.45, 7) is 6.15. The molecule has 0 atom stereocenters. The number of piperidine rings is 1. The van der Waals surface area contributed by atoms with Crippen molar-refractivity contribution in [3.8, 4) is 0 Å². The van der Waals surface area contributed by atoms with E-state index in [1.807, 2.05) is 11.8 Å². The molecule has 0 spiro atoms. The van der Waals surface area contributed by atoms with Crippen LogP contribution in [0.3, 0.4) is 0 Å². The summed E-state index contributed by atoms with van der Waals surface area (Å²) in [4.78, 5) is 13.2. The van der Waals surface area contributed by atoms with E-state index in [1.54, 1.807) is 0 Å². The number of rotatable bonds is 1.